The van der Waals surface area contributed by atoms with E-state index in [0.29, 0.717) is 11.5 Å². The van der Waals surface area contributed by atoms with Crippen LogP contribution in [0.4, 0.5) is 0 Å². The average Bonchev–Trinajstić information content (AvgIpc) is 3.16. The maximum Gasteiger partial charge on any atom is 0.117 e. The normalized spacial score (nSPS) is 20.5. The zero-order valence-electron chi connectivity index (χ0n) is 14.7. The zero-order valence-corrected chi connectivity index (χ0v) is 14.7. The predicted octanol–water partition coefficient (Wildman–Crippen LogP) is 3.92. The first-order valence-corrected chi connectivity index (χ1v) is 9.20. The molecule has 1 aliphatic rings. The minimum absolute atomic E-state index is 0.710. The summed E-state index contributed by atoms with van der Waals surface area (Å²) in [5.74, 6) is 2.45. The Morgan fingerprint density at radius 1 is 1.04 bits per heavy atom. The number of furan rings is 1. The molecule has 1 aromatic carbocycles. The molecule has 0 radical (unpaired) electrons. The molecule has 132 valence electrons. The van der Waals surface area contributed by atoms with Crippen molar-refractivity contribution in [2.24, 2.45) is 17.6 Å². The van der Waals surface area contributed by atoms with Crippen LogP contribution >= 0.6 is 0 Å². The molecule has 0 spiro atoms. The van der Waals surface area contributed by atoms with Crippen molar-refractivity contribution in [3.05, 3.63) is 59.5 Å². The second kappa shape index (κ2) is 8.84. The van der Waals surface area contributed by atoms with E-state index in [2.05, 4.69) is 23.1 Å². The van der Waals surface area contributed by atoms with Gasteiger partial charge in [0.15, 0.2) is 0 Å². The molecule has 2 aromatic rings. The molecule has 0 atom stereocenters. The maximum absolute atomic E-state index is 8.96. The highest BCUT2D eigenvalue weighted by atomic mass is 16.3. The lowest BCUT2D eigenvalue weighted by Crippen LogP contribution is -2.32. The van der Waals surface area contributed by atoms with Crippen LogP contribution in [0.5, 0.6) is 0 Å². The number of hydrogen-bond acceptors (Lipinski definition) is 4. The lowest BCUT2D eigenvalue weighted by atomic mass is 9.82. The Morgan fingerprint density at radius 3 is 2.36 bits per heavy atom. The molecule has 0 aliphatic heterocycles. The van der Waals surface area contributed by atoms with Gasteiger partial charge in [-0.2, -0.15) is 5.26 Å². The molecule has 0 unspecified atom stereocenters. The average molecular weight is 337 g/mol. The molecule has 1 heterocycles. The summed E-state index contributed by atoms with van der Waals surface area (Å²) >= 11 is 0. The predicted molar refractivity (Wildman–Crippen MR) is 98.5 cm³/mol. The van der Waals surface area contributed by atoms with Gasteiger partial charge in [0.25, 0.3) is 0 Å². The molecule has 2 N–H and O–H groups in total. The van der Waals surface area contributed by atoms with E-state index >= 15 is 0 Å². The first kappa shape index (κ1) is 17.7. The second-order valence-corrected chi connectivity index (χ2v) is 7.18. The molecule has 0 bridgehead atoms. The maximum atomic E-state index is 8.96. The van der Waals surface area contributed by atoms with E-state index in [9.17, 15) is 0 Å². The molecule has 0 saturated heterocycles. The Morgan fingerprint density at radius 2 is 1.76 bits per heavy atom. The summed E-state index contributed by atoms with van der Waals surface area (Å²) in [5, 5.41) is 8.96. The van der Waals surface area contributed by atoms with Crippen LogP contribution in [0.15, 0.2) is 47.1 Å². The fourth-order valence-corrected chi connectivity index (χ4v) is 3.77. The third kappa shape index (κ3) is 5.19. The van der Waals surface area contributed by atoms with Gasteiger partial charge in [0.05, 0.1) is 24.4 Å². The minimum Gasteiger partial charge on any atom is -0.468 e. The van der Waals surface area contributed by atoms with Crippen molar-refractivity contribution in [3.63, 3.8) is 0 Å². The van der Waals surface area contributed by atoms with Crippen LogP contribution in [0, 0.1) is 23.2 Å². The summed E-state index contributed by atoms with van der Waals surface area (Å²) in [6.45, 7) is 3.61. The molecule has 0 amide bonds. The summed E-state index contributed by atoms with van der Waals surface area (Å²) in [7, 11) is 0. The Bertz CT molecular complexity index is 664. The van der Waals surface area contributed by atoms with E-state index in [1.807, 2.05) is 24.3 Å². The number of nitrogens with two attached hydrogens (primary N) is 1. The number of nitrogens with zero attached hydrogens (tertiary/aromatic N) is 2. The lowest BCUT2D eigenvalue weighted by molar-refractivity contribution is 0.161. The van der Waals surface area contributed by atoms with Crippen LogP contribution in [-0.4, -0.2) is 18.0 Å². The van der Waals surface area contributed by atoms with E-state index in [0.717, 1.165) is 37.9 Å². The van der Waals surface area contributed by atoms with Gasteiger partial charge in [-0.05, 0) is 73.9 Å². The smallest absolute Gasteiger partial charge is 0.117 e. The summed E-state index contributed by atoms with van der Waals surface area (Å²) < 4.78 is 5.56. The van der Waals surface area contributed by atoms with E-state index in [1.54, 1.807) is 6.26 Å². The van der Waals surface area contributed by atoms with Crippen molar-refractivity contribution < 1.29 is 4.42 Å². The highest BCUT2D eigenvalue weighted by molar-refractivity contribution is 5.31. The monoisotopic (exact) mass is 337 g/mol. The van der Waals surface area contributed by atoms with Crippen LogP contribution in [0.3, 0.4) is 0 Å². The standard InChI is InChI=1S/C21H27N3O/c22-12-17-3-7-19(8-4-17)14-24(16-21-2-1-11-25-21)15-20-9-5-18(13-23)6-10-20/h1-4,7-8,11,18,20H,5-6,9-10,13-16,23H2. The SMILES string of the molecule is N#Cc1ccc(CN(Cc2ccco2)CC2CCC(CN)CC2)cc1. The number of benzene rings is 1. The number of hydrogen-bond donors (Lipinski definition) is 1. The summed E-state index contributed by atoms with van der Waals surface area (Å²) in [5.41, 5.74) is 7.77. The Balaban J connectivity index is 1.63. The van der Waals surface area contributed by atoms with Crippen molar-refractivity contribution in [2.45, 2.75) is 38.8 Å². The van der Waals surface area contributed by atoms with Crippen LogP contribution in [0.1, 0.15) is 42.6 Å². The molecular weight excluding hydrogens is 310 g/mol. The van der Waals surface area contributed by atoms with Crippen LogP contribution in [-0.2, 0) is 13.1 Å². The van der Waals surface area contributed by atoms with E-state index in [4.69, 9.17) is 15.4 Å². The topological polar surface area (TPSA) is 66.2 Å². The molecule has 1 aromatic heterocycles. The Hall–Kier alpha value is -2.09. The third-order valence-corrected chi connectivity index (χ3v) is 5.26. The van der Waals surface area contributed by atoms with Crippen LogP contribution in [0.2, 0.25) is 0 Å². The van der Waals surface area contributed by atoms with Crippen molar-refractivity contribution in [1.29, 1.82) is 5.26 Å². The highest BCUT2D eigenvalue weighted by Gasteiger charge is 2.22. The summed E-state index contributed by atoms with van der Waals surface area (Å²) in [4.78, 5) is 2.47. The number of rotatable bonds is 7. The fourth-order valence-electron chi connectivity index (χ4n) is 3.77. The van der Waals surface area contributed by atoms with Gasteiger partial charge in [-0.3, -0.25) is 4.90 Å². The molecule has 4 heteroatoms. The molecule has 1 aliphatic carbocycles. The van der Waals surface area contributed by atoms with Crippen molar-refractivity contribution in [1.82, 2.24) is 4.90 Å². The molecule has 1 saturated carbocycles. The van der Waals surface area contributed by atoms with Gasteiger partial charge in [-0.25, -0.2) is 0 Å². The van der Waals surface area contributed by atoms with E-state index in [-0.39, 0.29) is 0 Å². The van der Waals surface area contributed by atoms with Gasteiger partial charge in [-0.15, -0.1) is 0 Å². The number of nitriles is 1. The molecular formula is C21H27N3O. The molecule has 25 heavy (non-hydrogen) atoms. The van der Waals surface area contributed by atoms with Gasteiger partial charge in [-0.1, -0.05) is 12.1 Å². The highest BCUT2D eigenvalue weighted by Crippen LogP contribution is 2.29. The van der Waals surface area contributed by atoms with Crippen molar-refractivity contribution >= 4 is 0 Å². The largest absolute Gasteiger partial charge is 0.468 e. The Labute approximate surface area is 150 Å². The molecule has 4 nitrogen and oxygen atoms in total. The summed E-state index contributed by atoms with van der Waals surface area (Å²) in [6.07, 6.45) is 6.79. The van der Waals surface area contributed by atoms with Crippen LogP contribution < -0.4 is 5.73 Å². The Kier molecular flexibility index (Phi) is 6.27. The van der Waals surface area contributed by atoms with Crippen LogP contribution in [0.25, 0.3) is 0 Å². The van der Waals surface area contributed by atoms with Crippen molar-refractivity contribution in [3.8, 4) is 6.07 Å². The first-order valence-electron chi connectivity index (χ1n) is 9.20. The van der Waals surface area contributed by atoms with Gasteiger partial charge >= 0.3 is 0 Å². The lowest BCUT2D eigenvalue weighted by Gasteiger charge is -2.32. The molecule has 1 fully saturated rings. The molecule has 3 rings (SSSR count). The van der Waals surface area contributed by atoms with E-state index < -0.39 is 0 Å². The van der Waals surface area contributed by atoms with Gasteiger partial charge < -0.3 is 10.2 Å². The summed E-state index contributed by atoms with van der Waals surface area (Å²) in [6, 6.07) is 14.1. The van der Waals surface area contributed by atoms with E-state index in [1.165, 1.54) is 31.2 Å². The van der Waals surface area contributed by atoms with Gasteiger partial charge in [0.2, 0.25) is 0 Å². The third-order valence-electron chi connectivity index (χ3n) is 5.26. The first-order chi connectivity index (χ1) is 12.3. The quantitative estimate of drug-likeness (QED) is 0.831. The van der Waals surface area contributed by atoms with Gasteiger partial charge in [0.1, 0.15) is 5.76 Å². The van der Waals surface area contributed by atoms with Crippen molar-refractivity contribution in [2.75, 3.05) is 13.1 Å². The minimum atomic E-state index is 0.710. The zero-order chi connectivity index (χ0) is 17.5. The second-order valence-electron chi connectivity index (χ2n) is 7.18. The fraction of sp³-hybridized carbons (Fsp3) is 0.476. The van der Waals surface area contributed by atoms with Gasteiger partial charge in [0, 0.05) is 13.1 Å².